The van der Waals surface area contributed by atoms with Crippen LogP contribution >= 0.6 is 0 Å². The van der Waals surface area contributed by atoms with Crippen LogP contribution in [0, 0.1) is 17.9 Å². The molecule has 0 radical (unpaired) electrons. The van der Waals surface area contributed by atoms with Crippen LogP contribution in [-0.2, 0) is 0 Å². The summed E-state index contributed by atoms with van der Waals surface area (Å²) >= 11 is 0. The highest BCUT2D eigenvalue weighted by Crippen LogP contribution is 2.38. The quantitative estimate of drug-likeness (QED) is 0.383. The largest absolute Gasteiger partial charge is 0.289 e. The lowest BCUT2D eigenvalue weighted by Crippen LogP contribution is -1.94. The number of carbonyl (C=O) groups excluding carboxylic acids is 1. The van der Waals surface area contributed by atoms with Gasteiger partial charge in [-0.1, -0.05) is 30.3 Å². The van der Waals surface area contributed by atoms with E-state index in [1.54, 1.807) is 37.3 Å². The van der Waals surface area contributed by atoms with Crippen molar-refractivity contribution in [2.45, 2.75) is 6.92 Å². The molecule has 0 fully saturated rings. The molecule has 80 valence electrons. The van der Waals surface area contributed by atoms with Crippen molar-refractivity contribution in [3.05, 3.63) is 64.2 Å². The highest BCUT2D eigenvalue weighted by atomic mass is 16.1. The molecule has 0 aliphatic heterocycles. The van der Waals surface area contributed by atoms with E-state index in [1.165, 1.54) is 0 Å². The lowest BCUT2D eigenvalue weighted by Gasteiger charge is -2.00. The van der Waals surface area contributed by atoms with Crippen molar-refractivity contribution in [3.8, 4) is 6.07 Å². The number of allylic oxidation sites excluding steroid dienone is 4. The third-order valence-corrected chi connectivity index (χ3v) is 2.70. The molecule has 0 amide bonds. The Morgan fingerprint density at radius 3 is 2.59 bits per heavy atom. The highest BCUT2D eigenvalue weighted by Gasteiger charge is 2.30. The molecule has 0 heterocycles. The van der Waals surface area contributed by atoms with Gasteiger partial charge < -0.3 is 0 Å². The Labute approximate surface area is 99.1 Å². The molecule has 0 aromatic heterocycles. The van der Waals surface area contributed by atoms with E-state index < -0.39 is 0 Å². The Hall–Kier alpha value is -2.65. The summed E-state index contributed by atoms with van der Waals surface area (Å²) in [5, 5.41) is 8.95. The molecule has 3 nitrogen and oxygen atoms in total. The second-order valence-electron chi connectivity index (χ2n) is 3.52. The van der Waals surface area contributed by atoms with Gasteiger partial charge in [0, 0.05) is 16.7 Å². The van der Waals surface area contributed by atoms with Crippen LogP contribution in [0.5, 0.6) is 0 Å². The van der Waals surface area contributed by atoms with Gasteiger partial charge in [-0.15, -0.1) is 0 Å². The van der Waals surface area contributed by atoms with Crippen LogP contribution in [0.4, 0.5) is 0 Å². The van der Waals surface area contributed by atoms with Crippen LogP contribution in [0.3, 0.4) is 0 Å². The molecule has 0 atom stereocenters. The van der Waals surface area contributed by atoms with Crippen molar-refractivity contribution in [1.29, 1.82) is 5.26 Å². The molecule has 1 aromatic rings. The molecule has 0 spiro atoms. The summed E-state index contributed by atoms with van der Waals surface area (Å²) in [4.78, 5) is 15.3. The SMILES string of the molecule is [C-]#[N+]C(C#N)=C1/C(=C/C)C(=O)c2ccccc21. The summed E-state index contributed by atoms with van der Waals surface area (Å²) < 4.78 is 0. The molecule has 0 bridgehead atoms. The Bertz CT molecular complexity index is 636. The van der Waals surface area contributed by atoms with Crippen LogP contribution in [0.1, 0.15) is 22.8 Å². The molecule has 3 heteroatoms. The normalized spacial score (nSPS) is 18.5. The van der Waals surface area contributed by atoms with Gasteiger partial charge in [-0.3, -0.25) is 4.79 Å². The molecule has 0 N–H and O–H groups in total. The van der Waals surface area contributed by atoms with Crippen molar-refractivity contribution in [1.82, 2.24) is 0 Å². The van der Waals surface area contributed by atoms with Gasteiger partial charge in [0.1, 0.15) is 0 Å². The fraction of sp³-hybridized carbons (Fsp3) is 0.0714. The summed E-state index contributed by atoms with van der Waals surface area (Å²) in [6.07, 6.45) is 1.65. The van der Waals surface area contributed by atoms with Crippen LogP contribution in [0.15, 0.2) is 41.6 Å². The van der Waals surface area contributed by atoms with Gasteiger partial charge in [0.15, 0.2) is 5.78 Å². The van der Waals surface area contributed by atoms with Gasteiger partial charge in [0.2, 0.25) is 0 Å². The maximum atomic E-state index is 12.1. The molecule has 0 saturated carbocycles. The minimum Gasteiger partial charge on any atom is -0.289 e. The van der Waals surface area contributed by atoms with Gasteiger partial charge in [-0.05, 0) is 12.5 Å². The molecule has 1 aliphatic carbocycles. The monoisotopic (exact) mass is 220 g/mol. The zero-order chi connectivity index (χ0) is 12.4. The summed E-state index contributed by atoms with van der Waals surface area (Å²) in [7, 11) is 0. The number of hydrogen-bond donors (Lipinski definition) is 0. The fourth-order valence-electron chi connectivity index (χ4n) is 1.97. The number of ketones is 1. The predicted octanol–water partition coefficient (Wildman–Crippen LogP) is 2.98. The zero-order valence-corrected chi connectivity index (χ0v) is 9.19. The number of rotatable bonds is 0. The number of nitrogens with zero attached hydrogens (tertiary/aromatic N) is 2. The minimum atomic E-state index is -0.116. The Morgan fingerprint density at radius 1 is 1.41 bits per heavy atom. The van der Waals surface area contributed by atoms with Crippen LogP contribution in [0.25, 0.3) is 10.4 Å². The Morgan fingerprint density at radius 2 is 2.06 bits per heavy atom. The summed E-state index contributed by atoms with van der Waals surface area (Å²) in [5.74, 6) is -0.116. The minimum absolute atomic E-state index is 0.0311. The molecule has 2 rings (SSSR count). The number of Topliss-reactive ketones (excluding diaryl/α,β-unsaturated/α-hetero) is 1. The van der Waals surface area contributed by atoms with Gasteiger partial charge in [-0.2, -0.15) is 0 Å². The molecular weight excluding hydrogens is 212 g/mol. The lowest BCUT2D eigenvalue weighted by molar-refractivity contribution is 0.104. The van der Waals surface area contributed by atoms with Gasteiger partial charge >= 0.3 is 0 Å². The standard InChI is InChI=1S/C14H8N2O/c1-3-9-13(12(8-15)16-2)10-6-4-5-7-11(10)14(9)17/h3-7H,1H3/b9-3-,13-12?. The first-order valence-electron chi connectivity index (χ1n) is 5.07. The van der Waals surface area contributed by atoms with E-state index in [0.717, 1.165) is 0 Å². The molecule has 1 aliphatic rings. The number of hydrogen-bond acceptors (Lipinski definition) is 2. The number of nitriles is 1. The van der Waals surface area contributed by atoms with Crippen molar-refractivity contribution in [2.75, 3.05) is 0 Å². The van der Waals surface area contributed by atoms with E-state index in [1.807, 2.05) is 6.07 Å². The first-order valence-corrected chi connectivity index (χ1v) is 5.07. The molecule has 0 unspecified atom stereocenters. The molecule has 17 heavy (non-hydrogen) atoms. The zero-order valence-electron chi connectivity index (χ0n) is 9.19. The maximum absolute atomic E-state index is 12.1. The fourth-order valence-corrected chi connectivity index (χ4v) is 1.97. The first-order chi connectivity index (χ1) is 8.24. The van der Waals surface area contributed by atoms with Crippen molar-refractivity contribution in [2.24, 2.45) is 0 Å². The first kappa shape index (κ1) is 10.9. The predicted molar refractivity (Wildman–Crippen MR) is 63.7 cm³/mol. The molecule has 1 aromatic carbocycles. The summed E-state index contributed by atoms with van der Waals surface area (Å²) in [5.41, 5.74) is 2.12. The van der Waals surface area contributed by atoms with Crippen LogP contribution in [-0.4, -0.2) is 5.78 Å². The topological polar surface area (TPSA) is 45.2 Å². The Kier molecular flexibility index (Phi) is 2.60. The van der Waals surface area contributed by atoms with Crippen LogP contribution < -0.4 is 0 Å². The van der Waals surface area contributed by atoms with Crippen molar-refractivity contribution >= 4 is 11.4 Å². The molecular formula is C14H8N2O. The second kappa shape index (κ2) is 4.08. The van der Waals surface area contributed by atoms with Gasteiger partial charge in [-0.25, -0.2) is 10.1 Å². The van der Waals surface area contributed by atoms with E-state index in [-0.39, 0.29) is 11.5 Å². The van der Waals surface area contributed by atoms with E-state index in [0.29, 0.717) is 22.3 Å². The van der Waals surface area contributed by atoms with E-state index in [2.05, 4.69) is 4.85 Å². The maximum Gasteiger partial charge on any atom is 0.270 e. The van der Waals surface area contributed by atoms with Crippen LogP contribution in [0.2, 0.25) is 0 Å². The second-order valence-corrected chi connectivity index (χ2v) is 3.52. The van der Waals surface area contributed by atoms with E-state index >= 15 is 0 Å². The van der Waals surface area contributed by atoms with Gasteiger partial charge in [0.05, 0.1) is 12.6 Å². The number of carbonyl (C=O) groups is 1. The summed E-state index contributed by atoms with van der Waals surface area (Å²) in [6.45, 7) is 8.74. The summed E-state index contributed by atoms with van der Waals surface area (Å²) in [6, 6.07) is 8.90. The third-order valence-electron chi connectivity index (χ3n) is 2.70. The highest BCUT2D eigenvalue weighted by molar-refractivity contribution is 6.27. The smallest absolute Gasteiger partial charge is 0.270 e. The van der Waals surface area contributed by atoms with E-state index in [4.69, 9.17) is 11.8 Å². The Balaban J connectivity index is 2.87. The average Bonchev–Trinajstić information content (AvgIpc) is 2.65. The van der Waals surface area contributed by atoms with Crippen molar-refractivity contribution < 1.29 is 4.79 Å². The molecule has 0 saturated heterocycles. The number of benzene rings is 1. The van der Waals surface area contributed by atoms with Crippen molar-refractivity contribution in [3.63, 3.8) is 0 Å². The average molecular weight is 220 g/mol. The van der Waals surface area contributed by atoms with Gasteiger partial charge in [0.25, 0.3) is 5.70 Å². The third kappa shape index (κ3) is 1.46. The number of fused-ring (bicyclic) bond motifs is 1. The lowest BCUT2D eigenvalue weighted by atomic mass is 10.0. The van der Waals surface area contributed by atoms with E-state index in [9.17, 15) is 4.79 Å².